The Morgan fingerprint density at radius 3 is 2.12 bits per heavy atom. The molecule has 0 aromatic heterocycles. The zero-order chi connectivity index (χ0) is 28.5. The maximum absolute atomic E-state index is 13.6. The average Bonchev–Trinajstić information content (AvgIpc) is 3.00. The Bertz CT molecular complexity index is 1280. The molecule has 7 nitrogen and oxygen atoms in total. The summed E-state index contributed by atoms with van der Waals surface area (Å²) in [4.78, 5) is 33.1. The second kappa shape index (κ2) is 13.9. The average molecular weight is 543 g/mol. The van der Waals surface area contributed by atoms with E-state index in [2.05, 4.69) is 28.1 Å². The fraction of sp³-hybridized carbons (Fsp3) is 0.394. The van der Waals surface area contributed by atoms with Gasteiger partial charge in [-0.05, 0) is 74.7 Å². The molecule has 0 spiro atoms. The van der Waals surface area contributed by atoms with Crippen LogP contribution in [0.15, 0.2) is 66.7 Å². The number of unbranched alkanes of at least 4 members (excludes halogenated alkanes) is 1. The minimum Gasteiger partial charge on any atom is -0.495 e. The Labute approximate surface area is 238 Å². The summed E-state index contributed by atoms with van der Waals surface area (Å²) >= 11 is 0. The number of carbonyl (C=O) groups is 2. The Kier molecular flexibility index (Phi) is 10.1. The number of ether oxygens (including phenoxy) is 1. The molecule has 1 fully saturated rings. The van der Waals surface area contributed by atoms with Gasteiger partial charge in [-0.2, -0.15) is 0 Å². The minimum absolute atomic E-state index is 0.0245. The van der Waals surface area contributed by atoms with Crippen molar-refractivity contribution in [2.24, 2.45) is 0 Å². The summed E-state index contributed by atoms with van der Waals surface area (Å²) in [7, 11) is 1.70. The highest BCUT2D eigenvalue weighted by Gasteiger charge is 2.25. The van der Waals surface area contributed by atoms with Crippen LogP contribution >= 0.6 is 0 Å². The van der Waals surface area contributed by atoms with Gasteiger partial charge in [-0.15, -0.1) is 0 Å². The van der Waals surface area contributed by atoms with Crippen molar-refractivity contribution in [1.82, 2.24) is 4.90 Å². The first-order valence-electron chi connectivity index (χ1n) is 14.5. The van der Waals surface area contributed by atoms with Crippen molar-refractivity contribution >= 4 is 28.9 Å². The van der Waals surface area contributed by atoms with Crippen LogP contribution in [0.1, 0.15) is 59.9 Å². The van der Waals surface area contributed by atoms with Crippen molar-refractivity contribution in [2.45, 2.75) is 40.0 Å². The summed E-state index contributed by atoms with van der Waals surface area (Å²) in [5.41, 5.74) is 5.05. The quantitative estimate of drug-likeness (QED) is 0.317. The van der Waals surface area contributed by atoms with E-state index in [4.69, 9.17) is 4.74 Å². The van der Waals surface area contributed by atoms with Crippen molar-refractivity contribution in [3.8, 4) is 5.75 Å². The van der Waals surface area contributed by atoms with Gasteiger partial charge >= 0.3 is 0 Å². The van der Waals surface area contributed by atoms with E-state index in [0.29, 0.717) is 29.9 Å². The maximum Gasteiger partial charge on any atom is 0.256 e. The van der Waals surface area contributed by atoms with Crippen LogP contribution < -0.4 is 19.9 Å². The van der Waals surface area contributed by atoms with Crippen molar-refractivity contribution in [3.63, 3.8) is 0 Å². The summed E-state index contributed by atoms with van der Waals surface area (Å²) in [6.07, 6.45) is 3.30. The highest BCUT2D eigenvalue weighted by Crippen LogP contribution is 2.31. The van der Waals surface area contributed by atoms with Gasteiger partial charge in [0.05, 0.1) is 18.4 Å². The zero-order valence-electron chi connectivity index (χ0n) is 24.3. The van der Waals surface area contributed by atoms with E-state index < -0.39 is 0 Å². The van der Waals surface area contributed by atoms with Crippen molar-refractivity contribution in [2.75, 3.05) is 61.5 Å². The molecule has 4 rings (SSSR count). The van der Waals surface area contributed by atoms with E-state index in [0.717, 1.165) is 62.6 Å². The molecule has 0 unspecified atom stereocenters. The summed E-state index contributed by atoms with van der Waals surface area (Å²) in [5.74, 6) is 0.661. The van der Waals surface area contributed by atoms with E-state index in [1.807, 2.05) is 79.4 Å². The second-order valence-corrected chi connectivity index (χ2v) is 10.1. The molecular formula is C33H42N4O3. The molecule has 212 valence electrons. The monoisotopic (exact) mass is 542 g/mol. The number of aryl methyl sites for hydroxylation is 1. The molecule has 3 aromatic rings. The molecule has 0 aliphatic carbocycles. The normalized spacial score (nSPS) is 13.2. The lowest BCUT2D eigenvalue weighted by molar-refractivity contribution is 0.0773. The lowest BCUT2D eigenvalue weighted by Crippen LogP contribution is -2.47. The number of carbonyl (C=O) groups excluding carboxylic acids is 2. The predicted molar refractivity (Wildman–Crippen MR) is 164 cm³/mol. The first-order chi connectivity index (χ1) is 19.5. The van der Waals surface area contributed by atoms with Crippen LogP contribution in [0.4, 0.5) is 17.1 Å². The zero-order valence-corrected chi connectivity index (χ0v) is 24.3. The van der Waals surface area contributed by atoms with Gasteiger partial charge in [0.2, 0.25) is 0 Å². The molecule has 7 heteroatoms. The smallest absolute Gasteiger partial charge is 0.256 e. The Balaban J connectivity index is 1.53. The number of para-hydroxylation sites is 2. The summed E-state index contributed by atoms with van der Waals surface area (Å²) in [5, 5.41) is 3.01. The highest BCUT2D eigenvalue weighted by molar-refractivity contribution is 6.06. The highest BCUT2D eigenvalue weighted by atomic mass is 16.5. The van der Waals surface area contributed by atoms with E-state index >= 15 is 0 Å². The fourth-order valence-electron chi connectivity index (χ4n) is 5.23. The molecule has 1 N–H and O–H groups in total. The van der Waals surface area contributed by atoms with Crippen LogP contribution in [0.25, 0.3) is 0 Å². The van der Waals surface area contributed by atoms with Gasteiger partial charge in [-0.3, -0.25) is 9.59 Å². The molecule has 0 saturated carbocycles. The molecule has 0 radical (unpaired) electrons. The van der Waals surface area contributed by atoms with Crippen LogP contribution in [0.2, 0.25) is 0 Å². The molecule has 0 atom stereocenters. The van der Waals surface area contributed by atoms with Crippen LogP contribution in [0, 0.1) is 0 Å². The molecule has 2 amide bonds. The molecule has 0 bridgehead atoms. The molecule has 3 aromatic carbocycles. The van der Waals surface area contributed by atoms with Gasteiger partial charge in [0.15, 0.2) is 0 Å². The van der Waals surface area contributed by atoms with E-state index in [9.17, 15) is 9.59 Å². The van der Waals surface area contributed by atoms with Gasteiger partial charge in [-0.25, -0.2) is 0 Å². The third-order valence-electron chi connectivity index (χ3n) is 7.62. The Morgan fingerprint density at radius 2 is 1.50 bits per heavy atom. The third kappa shape index (κ3) is 6.76. The number of anilines is 3. The standard InChI is InChI=1S/C33H42N4O3/c1-5-8-11-25-14-16-26(17-15-25)32(38)34-27-18-19-29(28(24-27)33(39)35(6-2)7-3)36-20-22-37(23-21-36)30-12-9-10-13-31(30)40-4/h9-10,12-19,24H,5-8,11,20-23H2,1-4H3,(H,34,38). The molecular weight excluding hydrogens is 500 g/mol. The lowest BCUT2D eigenvalue weighted by atomic mass is 10.1. The van der Waals surface area contributed by atoms with Gasteiger partial charge in [0, 0.05) is 56.2 Å². The largest absolute Gasteiger partial charge is 0.495 e. The van der Waals surface area contributed by atoms with Crippen molar-refractivity contribution < 1.29 is 14.3 Å². The number of methoxy groups -OCH3 is 1. The molecule has 1 saturated heterocycles. The van der Waals surface area contributed by atoms with Crippen LogP contribution in [-0.4, -0.2) is 63.1 Å². The number of amides is 2. The van der Waals surface area contributed by atoms with Gasteiger partial charge in [-0.1, -0.05) is 37.6 Å². The molecule has 1 aliphatic heterocycles. The van der Waals surface area contributed by atoms with Crippen LogP contribution in [0.5, 0.6) is 5.75 Å². The van der Waals surface area contributed by atoms with Gasteiger partial charge in [0.1, 0.15) is 5.75 Å². The first kappa shape index (κ1) is 29.0. The summed E-state index contributed by atoms with van der Waals surface area (Å²) in [6.45, 7) is 10.6. The number of hydrogen-bond acceptors (Lipinski definition) is 5. The lowest BCUT2D eigenvalue weighted by Gasteiger charge is -2.38. The molecule has 40 heavy (non-hydrogen) atoms. The van der Waals surface area contributed by atoms with E-state index in [1.54, 1.807) is 7.11 Å². The van der Waals surface area contributed by atoms with Crippen LogP contribution in [0.3, 0.4) is 0 Å². The SMILES string of the molecule is CCCCc1ccc(C(=O)Nc2ccc(N3CCN(c4ccccc4OC)CC3)c(C(=O)N(CC)CC)c2)cc1. The number of hydrogen-bond donors (Lipinski definition) is 1. The van der Waals surface area contributed by atoms with Gasteiger partial charge < -0.3 is 24.8 Å². The number of benzene rings is 3. The topological polar surface area (TPSA) is 65.1 Å². The molecule has 1 aliphatic rings. The van der Waals surface area contributed by atoms with Crippen LogP contribution in [-0.2, 0) is 6.42 Å². The molecule has 1 heterocycles. The third-order valence-corrected chi connectivity index (χ3v) is 7.62. The fourth-order valence-corrected chi connectivity index (χ4v) is 5.23. The summed E-state index contributed by atoms with van der Waals surface area (Å²) < 4.78 is 5.57. The minimum atomic E-state index is -0.179. The Hall–Kier alpha value is -4.00. The number of rotatable bonds is 11. The second-order valence-electron chi connectivity index (χ2n) is 10.1. The van der Waals surface area contributed by atoms with E-state index in [1.165, 1.54) is 5.56 Å². The Morgan fingerprint density at radius 1 is 0.850 bits per heavy atom. The first-order valence-corrected chi connectivity index (χ1v) is 14.5. The number of piperazine rings is 1. The van der Waals surface area contributed by atoms with E-state index in [-0.39, 0.29) is 11.8 Å². The number of nitrogens with zero attached hydrogens (tertiary/aromatic N) is 3. The van der Waals surface area contributed by atoms with Gasteiger partial charge in [0.25, 0.3) is 11.8 Å². The maximum atomic E-state index is 13.6. The van der Waals surface area contributed by atoms with Crippen molar-refractivity contribution in [1.29, 1.82) is 0 Å². The predicted octanol–water partition coefficient (Wildman–Crippen LogP) is 6.10. The number of nitrogens with one attached hydrogen (secondary N) is 1. The summed E-state index contributed by atoms with van der Waals surface area (Å²) in [6, 6.07) is 21.6. The van der Waals surface area contributed by atoms with Crippen molar-refractivity contribution in [3.05, 3.63) is 83.4 Å².